The number of carbonyl (C=O) groups excluding carboxylic acids is 1. The normalized spacial score (nSPS) is 10.0. The molecule has 0 aliphatic rings. The monoisotopic (exact) mass is 378 g/mol. The van der Waals surface area contributed by atoms with Crippen LogP contribution in [0.15, 0.2) is 61.3 Å². The van der Waals surface area contributed by atoms with Gasteiger partial charge in [0, 0.05) is 11.8 Å². The molecule has 140 valence electrons. The van der Waals surface area contributed by atoms with E-state index < -0.39 is 5.97 Å². The number of imidazole rings is 1. The van der Waals surface area contributed by atoms with Crippen LogP contribution in [0.1, 0.15) is 20.8 Å². The summed E-state index contributed by atoms with van der Waals surface area (Å²) in [5, 5.41) is 19.9. The maximum absolute atomic E-state index is 12.0. The van der Waals surface area contributed by atoms with Crippen molar-refractivity contribution in [3.05, 3.63) is 72.6 Å². The van der Waals surface area contributed by atoms with Crippen LogP contribution in [0.2, 0.25) is 0 Å². The Morgan fingerprint density at radius 3 is 2.43 bits per heavy atom. The van der Waals surface area contributed by atoms with Crippen LogP contribution in [0.4, 0.5) is 5.82 Å². The Balaban J connectivity index is 0.000000192. The quantitative estimate of drug-likeness (QED) is 0.422. The van der Waals surface area contributed by atoms with Gasteiger partial charge in [-0.2, -0.15) is 0 Å². The zero-order chi connectivity index (χ0) is 19.9. The third-order valence-corrected chi connectivity index (χ3v) is 3.48. The number of anilines is 1. The SMILES string of the molecule is O=C(Nc1ncnc2nc[nH]c12)c1ccccc1.O=C(O)c1ncccc1O. The molecule has 4 rings (SSSR count). The van der Waals surface area contributed by atoms with Gasteiger partial charge in [-0.25, -0.2) is 24.7 Å². The number of carbonyl (C=O) groups is 2. The van der Waals surface area contributed by atoms with E-state index in [0.717, 1.165) is 0 Å². The summed E-state index contributed by atoms with van der Waals surface area (Å²) >= 11 is 0. The molecule has 4 aromatic rings. The van der Waals surface area contributed by atoms with E-state index in [9.17, 15) is 9.59 Å². The summed E-state index contributed by atoms with van der Waals surface area (Å²) < 4.78 is 0. The van der Waals surface area contributed by atoms with Gasteiger partial charge in [-0.3, -0.25) is 4.79 Å². The summed E-state index contributed by atoms with van der Waals surface area (Å²) in [7, 11) is 0. The molecule has 28 heavy (non-hydrogen) atoms. The fraction of sp³-hybridized carbons (Fsp3) is 0. The Morgan fingerprint density at radius 2 is 1.75 bits per heavy atom. The molecule has 0 aliphatic heterocycles. The number of aromatic nitrogens is 5. The molecular weight excluding hydrogens is 364 g/mol. The lowest BCUT2D eigenvalue weighted by Crippen LogP contribution is -2.13. The molecule has 10 heteroatoms. The Hall–Kier alpha value is -4.34. The molecule has 3 heterocycles. The third kappa shape index (κ3) is 4.25. The molecule has 1 aromatic carbocycles. The summed E-state index contributed by atoms with van der Waals surface area (Å²) in [6.07, 6.45) is 4.18. The van der Waals surface area contributed by atoms with Crippen molar-refractivity contribution in [2.75, 3.05) is 5.32 Å². The molecule has 0 unspecified atom stereocenters. The molecule has 0 saturated heterocycles. The molecular formula is C18H14N6O4. The average Bonchev–Trinajstić information content (AvgIpc) is 3.19. The highest BCUT2D eigenvalue weighted by molar-refractivity contribution is 6.06. The summed E-state index contributed by atoms with van der Waals surface area (Å²) in [6, 6.07) is 11.7. The van der Waals surface area contributed by atoms with Gasteiger partial charge in [0.1, 0.15) is 17.6 Å². The molecule has 4 N–H and O–H groups in total. The molecule has 0 saturated carbocycles. The van der Waals surface area contributed by atoms with Crippen LogP contribution in [0, 0.1) is 0 Å². The molecule has 1 amide bonds. The number of rotatable bonds is 3. The van der Waals surface area contributed by atoms with E-state index >= 15 is 0 Å². The van der Waals surface area contributed by atoms with Gasteiger partial charge in [0.25, 0.3) is 5.91 Å². The minimum absolute atomic E-state index is 0.217. The number of hydrogen-bond donors (Lipinski definition) is 4. The van der Waals surface area contributed by atoms with Crippen LogP contribution >= 0.6 is 0 Å². The van der Waals surface area contributed by atoms with Crippen LogP contribution in [0.25, 0.3) is 11.2 Å². The lowest BCUT2D eigenvalue weighted by molar-refractivity contribution is 0.0686. The Morgan fingerprint density at radius 1 is 0.964 bits per heavy atom. The predicted octanol–water partition coefficient (Wildman–Crippen LogP) is 2.09. The lowest BCUT2D eigenvalue weighted by atomic mass is 10.2. The number of pyridine rings is 1. The topological polar surface area (TPSA) is 154 Å². The molecule has 0 spiro atoms. The number of carboxylic acid groups (broad SMARTS) is 1. The van der Waals surface area contributed by atoms with Crippen molar-refractivity contribution < 1.29 is 19.8 Å². The number of aromatic amines is 1. The van der Waals surface area contributed by atoms with Crippen LogP contribution in [-0.4, -0.2) is 47.0 Å². The van der Waals surface area contributed by atoms with Crippen molar-refractivity contribution >= 4 is 28.9 Å². The number of H-pyrrole nitrogens is 1. The van der Waals surface area contributed by atoms with E-state index in [2.05, 4.69) is 30.2 Å². The zero-order valence-electron chi connectivity index (χ0n) is 14.3. The van der Waals surface area contributed by atoms with Crippen molar-refractivity contribution in [3.63, 3.8) is 0 Å². The standard InChI is InChI=1S/C12H9N5O.C6H5NO3/c18-12(8-4-2-1-3-5-8)17-11-9-10(14-6-13-9)15-7-16-11;8-4-2-1-3-7-5(4)6(9)10/h1-7H,(H2,13,14,15,16,17,18);1-3,8H,(H,9,10). The fourth-order valence-electron chi connectivity index (χ4n) is 2.19. The number of benzene rings is 1. The highest BCUT2D eigenvalue weighted by atomic mass is 16.4. The van der Waals surface area contributed by atoms with Gasteiger partial charge < -0.3 is 20.5 Å². The van der Waals surface area contributed by atoms with Gasteiger partial charge in [0.05, 0.1) is 6.33 Å². The minimum Gasteiger partial charge on any atom is -0.505 e. The van der Waals surface area contributed by atoms with Crippen LogP contribution in [0.3, 0.4) is 0 Å². The van der Waals surface area contributed by atoms with Crippen molar-refractivity contribution in [3.8, 4) is 5.75 Å². The van der Waals surface area contributed by atoms with Crippen LogP contribution in [-0.2, 0) is 0 Å². The largest absolute Gasteiger partial charge is 0.505 e. The second-order valence-electron chi connectivity index (χ2n) is 5.32. The Kier molecular flexibility index (Phi) is 5.51. The second kappa shape index (κ2) is 8.36. The summed E-state index contributed by atoms with van der Waals surface area (Å²) in [6.45, 7) is 0. The first-order valence-electron chi connectivity index (χ1n) is 7.94. The molecule has 0 bridgehead atoms. The molecule has 10 nitrogen and oxygen atoms in total. The summed E-state index contributed by atoms with van der Waals surface area (Å²) in [5.74, 6) is -1.33. The first kappa shape index (κ1) is 18.5. The smallest absolute Gasteiger partial charge is 0.358 e. The predicted molar refractivity (Wildman–Crippen MR) is 98.9 cm³/mol. The summed E-state index contributed by atoms with van der Waals surface area (Å²) in [5.41, 5.74) is 1.39. The first-order chi connectivity index (χ1) is 13.6. The van der Waals surface area contributed by atoms with Crippen molar-refractivity contribution in [1.29, 1.82) is 0 Å². The zero-order valence-corrected chi connectivity index (χ0v) is 14.3. The van der Waals surface area contributed by atoms with Gasteiger partial charge in [0.2, 0.25) is 0 Å². The maximum Gasteiger partial charge on any atom is 0.358 e. The number of fused-ring (bicyclic) bond motifs is 1. The van der Waals surface area contributed by atoms with Crippen molar-refractivity contribution in [2.45, 2.75) is 0 Å². The maximum atomic E-state index is 12.0. The number of nitrogens with one attached hydrogen (secondary N) is 2. The van der Waals surface area contributed by atoms with E-state index in [0.29, 0.717) is 22.5 Å². The van der Waals surface area contributed by atoms with Crippen LogP contribution in [0.5, 0.6) is 5.75 Å². The van der Waals surface area contributed by atoms with Crippen molar-refractivity contribution in [1.82, 2.24) is 24.9 Å². The van der Waals surface area contributed by atoms with Gasteiger partial charge in [-0.1, -0.05) is 18.2 Å². The second-order valence-corrected chi connectivity index (χ2v) is 5.32. The van der Waals surface area contributed by atoms with E-state index in [-0.39, 0.29) is 17.4 Å². The Labute approximate surface area is 158 Å². The number of aromatic hydroxyl groups is 1. The molecule has 0 radical (unpaired) electrons. The average molecular weight is 378 g/mol. The van der Waals surface area contributed by atoms with E-state index in [1.807, 2.05) is 6.07 Å². The van der Waals surface area contributed by atoms with Gasteiger partial charge >= 0.3 is 5.97 Å². The van der Waals surface area contributed by atoms with E-state index in [1.54, 1.807) is 24.3 Å². The Bertz CT molecular complexity index is 1110. The number of hydrogen-bond acceptors (Lipinski definition) is 7. The number of aromatic carboxylic acids is 1. The molecule has 3 aromatic heterocycles. The third-order valence-electron chi connectivity index (χ3n) is 3.48. The molecule has 0 atom stereocenters. The number of carboxylic acids is 1. The number of nitrogens with zero attached hydrogens (tertiary/aromatic N) is 4. The number of amides is 1. The summed E-state index contributed by atoms with van der Waals surface area (Å²) in [4.78, 5) is 40.5. The highest BCUT2D eigenvalue weighted by Crippen LogP contribution is 2.15. The van der Waals surface area contributed by atoms with Gasteiger partial charge in [-0.05, 0) is 24.3 Å². The molecule has 0 aliphatic carbocycles. The van der Waals surface area contributed by atoms with E-state index in [1.165, 1.54) is 31.0 Å². The minimum atomic E-state index is -1.22. The van der Waals surface area contributed by atoms with Crippen LogP contribution < -0.4 is 5.32 Å². The van der Waals surface area contributed by atoms with E-state index in [4.69, 9.17) is 10.2 Å². The lowest BCUT2D eigenvalue weighted by Gasteiger charge is -2.04. The van der Waals surface area contributed by atoms with Crippen molar-refractivity contribution in [2.24, 2.45) is 0 Å². The van der Waals surface area contributed by atoms with Gasteiger partial charge in [0.15, 0.2) is 17.2 Å². The molecule has 0 fully saturated rings. The fourth-order valence-corrected chi connectivity index (χ4v) is 2.19. The first-order valence-corrected chi connectivity index (χ1v) is 7.94. The highest BCUT2D eigenvalue weighted by Gasteiger charge is 2.10. The van der Waals surface area contributed by atoms with Gasteiger partial charge in [-0.15, -0.1) is 0 Å².